The van der Waals surface area contributed by atoms with Crippen molar-refractivity contribution >= 4 is 45.4 Å². The Hall–Kier alpha value is -4.27. The number of hydrogen-bond acceptors (Lipinski definition) is 5. The molecule has 0 aromatic carbocycles. The molecule has 0 saturated carbocycles. The molecule has 34 heavy (non-hydrogen) atoms. The summed E-state index contributed by atoms with van der Waals surface area (Å²) in [5.41, 5.74) is 5.78. The van der Waals surface area contributed by atoms with Gasteiger partial charge in [0.25, 0.3) is 0 Å². The zero-order valence-electron chi connectivity index (χ0n) is 18.7. The number of amides is 3. The summed E-state index contributed by atoms with van der Waals surface area (Å²) in [7, 11) is 0. The van der Waals surface area contributed by atoms with Crippen LogP contribution in [0, 0.1) is 0 Å². The summed E-state index contributed by atoms with van der Waals surface area (Å²) < 4.78 is 0. The number of carbonyl (C=O) groups is 2. The number of rotatable bonds is 2. The third-order valence-corrected chi connectivity index (χ3v) is 6.70. The Bertz CT molecular complexity index is 1480. The lowest BCUT2D eigenvalue weighted by Gasteiger charge is -2.41. The molecular formula is C25H23N7O2. The minimum atomic E-state index is -0.228. The Kier molecular flexibility index (Phi) is 4.58. The second kappa shape index (κ2) is 7.65. The maximum absolute atomic E-state index is 13.2. The molecule has 6 rings (SSSR count). The van der Waals surface area contributed by atoms with Gasteiger partial charge >= 0.3 is 6.03 Å². The minimum absolute atomic E-state index is 0.0589. The molecular weight excluding hydrogens is 430 g/mol. The van der Waals surface area contributed by atoms with Crippen LogP contribution in [0.3, 0.4) is 0 Å². The van der Waals surface area contributed by atoms with Crippen molar-refractivity contribution in [3.05, 3.63) is 55.0 Å². The van der Waals surface area contributed by atoms with Gasteiger partial charge < -0.3 is 15.2 Å². The minimum Gasteiger partial charge on any atom is -0.346 e. The van der Waals surface area contributed by atoms with E-state index in [1.54, 1.807) is 24.2 Å². The third kappa shape index (κ3) is 3.20. The molecule has 9 heteroatoms. The van der Waals surface area contributed by atoms with Crippen molar-refractivity contribution in [2.45, 2.75) is 25.8 Å². The van der Waals surface area contributed by atoms with Gasteiger partial charge in [-0.3, -0.25) is 14.7 Å². The van der Waals surface area contributed by atoms with E-state index in [1.807, 2.05) is 35.4 Å². The second-order valence-corrected chi connectivity index (χ2v) is 8.74. The fourth-order valence-corrected chi connectivity index (χ4v) is 4.90. The Labute approximate surface area is 195 Å². The summed E-state index contributed by atoms with van der Waals surface area (Å²) in [6, 6.07) is 7.57. The van der Waals surface area contributed by atoms with E-state index < -0.39 is 0 Å². The molecule has 4 aromatic rings. The number of fused-ring (bicyclic) bond motifs is 4. The van der Waals surface area contributed by atoms with E-state index in [4.69, 9.17) is 4.98 Å². The molecule has 1 fully saturated rings. The molecule has 9 nitrogen and oxygen atoms in total. The Balaban J connectivity index is 1.48. The number of likely N-dealkylation sites (tertiary alicyclic amines) is 1. The van der Waals surface area contributed by atoms with Crippen LogP contribution in [0.5, 0.6) is 0 Å². The van der Waals surface area contributed by atoms with Crippen LogP contribution in [0.25, 0.3) is 39.0 Å². The molecule has 2 aliphatic rings. The number of aromatic amines is 1. The van der Waals surface area contributed by atoms with Gasteiger partial charge in [0.15, 0.2) is 0 Å². The van der Waals surface area contributed by atoms with Gasteiger partial charge in [-0.1, -0.05) is 6.58 Å². The van der Waals surface area contributed by atoms with E-state index >= 15 is 0 Å². The normalized spacial score (nSPS) is 16.7. The lowest BCUT2D eigenvalue weighted by Crippen LogP contribution is -2.53. The molecule has 4 aromatic heterocycles. The first-order valence-corrected chi connectivity index (χ1v) is 11.3. The molecule has 1 saturated heterocycles. The molecule has 0 radical (unpaired) electrons. The van der Waals surface area contributed by atoms with Crippen LogP contribution < -0.4 is 10.2 Å². The standard InChI is InChI=1S/C25H23N7O2/c1-14-19-13-27-21-4-3-20(17-11-16-5-8-26-24(16)28-12-17)30-22(21)23(19)32(25(34)29-14)18-6-9-31(10-7-18)15(2)33/h3-5,8,11-13,18H,1,6-7,9-10H2,2H3,(H,26,28)(H,29,34). The molecule has 0 unspecified atom stereocenters. The number of hydrogen-bond donors (Lipinski definition) is 2. The monoisotopic (exact) mass is 453 g/mol. The third-order valence-electron chi connectivity index (χ3n) is 6.70. The molecule has 170 valence electrons. The van der Waals surface area contributed by atoms with Crippen LogP contribution in [0.15, 0.2) is 49.4 Å². The number of nitrogens with zero attached hydrogens (tertiary/aromatic N) is 5. The molecule has 6 heterocycles. The van der Waals surface area contributed by atoms with Gasteiger partial charge in [0.05, 0.1) is 16.9 Å². The van der Waals surface area contributed by atoms with Crippen LogP contribution in [-0.2, 0) is 4.79 Å². The molecule has 0 atom stereocenters. The van der Waals surface area contributed by atoms with Gasteiger partial charge in [-0.25, -0.2) is 14.8 Å². The van der Waals surface area contributed by atoms with E-state index in [2.05, 4.69) is 26.8 Å². The summed E-state index contributed by atoms with van der Waals surface area (Å²) >= 11 is 0. The summed E-state index contributed by atoms with van der Waals surface area (Å²) in [4.78, 5) is 45.8. The van der Waals surface area contributed by atoms with Crippen molar-refractivity contribution < 1.29 is 9.59 Å². The van der Waals surface area contributed by atoms with Crippen molar-refractivity contribution in [1.29, 1.82) is 0 Å². The molecule has 3 amide bonds. The van der Waals surface area contributed by atoms with E-state index in [-0.39, 0.29) is 18.0 Å². The van der Waals surface area contributed by atoms with Gasteiger partial charge in [0.1, 0.15) is 11.2 Å². The van der Waals surface area contributed by atoms with Gasteiger partial charge in [-0.2, -0.15) is 0 Å². The van der Waals surface area contributed by atoms with Crippen LogP contribution in [-0.4, -0.2) is 55.9 Å². The summed E-state index contributed by atoms with van der Waals surface area (Å²) in [6.07, 6.45) is 6.77. The highest BCUT2D eigenvalue weighted by Crippen LogP contribution is 2.38. The van der Waals surface area contributed by atoms with Crippen molar-refractivity contribution in [3.63, 3.8) is 0 Å². The van der Waals surface area contributed by atoms with E-state index in [9.17, 15) is 9.59 Å². The van der Waals surface area contributed by atoms with Crippen molar-refractivity contribution in [2.24, 2.45) is 0 Å². The lowest BCUT2D eigenvalue weighted by atomic mass is 9.99. The van der Waals surface area contributed by atoms with Gasteiger partial charge in [-0.05, 0) is 37.1 Å². The number of aromatic nitrogens is 4. The first-order chi connectivity index (χ1) is 16.5. The lowest BCUT2D eigenvalue weighted by molar-refractivity contribution is -0.129. The molecule has 2 N–H and O–H groups in total. The highest BCUT2D eigenvalue weighted by molar-refractivity contribution is 6.11. The number of carbonyl (C=O) groups excluding carboxylic acids is 2. The summed E-state index contributed by atoms with van der Waals surface area (Å²) in [6.45, 7) is 6.85. The highest BCUT2D eigenvalue weighted by atomic mass is 16.2. The van der Waals surface area contributed by atoms with Crippen molar-refractivity contribution in [1.82, 2.24) is 30.2 Å². The molecule has 0 aliphatic carbocycles. The quantitative estimate of drug-likeness (QED) is 0.481. The van der Waals surface area contributed by atoms with Gasteiger partial charge in [-0.15, -0.1) is 0 Å². The van der Waals surface area contributed by atoms with Crippen LogP contribution in [0.2, 0.25) is 0 Å². The maximum Gasteiger partial charge on any atom is 0.326 e. The van der Waals surface area contributed by atoms with E-state index in [0.717, 1.165) is 33.5 Å². The zero-order valence-corrected chi connectivity index (χ0v) is 18.7. The predicted molar refractivity (Wildman–Crippen MR) is 130 cm³/mol. The zero-order chi connectivity index (χ0) is 23.4. The SMILES string of the molecule is C=C1NC(=O)N(C2CCN(C(C)=O)CC2)c2c1cnc1ccc(-c3cnc4[nH]ccc4c3)nc21. The van der Waals surface area contributed by atoms with Crippen LogP contribution >= 0.6 is 0 Å². The number of nitrogens with one attached hydrogen (secondary N) is 2. The van der Waals surface area contributed by atoms with Crippen molar-refractivity contribution in [2.75, 3.05) is 18.0 Å². The number of piperidine rings is 1. The highest BCUT2D eigenvalue weighted by Gasteiger charge is 2.36. The Morgan fingerprint density at radius 3 is 2.76 bits per heavy atom. The Morgan fingerprint density at radius 1 is 1.15 bits per heavy atom. The molecule has 0 bridgehead atoms. The van der Waals surface area contributed by atoms with Crippen LogP contribution in [0.1, 0.15) is 25.3 Å². The number of urea groups is 1. The molecule has 0 spiro atoms. The number of pyridine rings is 3. The second-order valence-electron chi connectivity index (χ2n) is 8.74. The average molecular weight is 454 g/mol. The maximum atomic E-state index is 13.2. The first-order valence-electron chi connectivity index (χ1n) is 11.3. The largest absolute Gasteiger partial charge is 0.346 e. The van der Waals surface area contributed by atoms with Gasteiger partial charge in [0, 0.05) is 66.9 Å². The van der Waals surface area contributed by atoms with Gasteiger partial charge in [0.2, 0.25) is 5.91 Å². The topological polar surface area (TPSA) is 107 Å². The number of anilines is 1. The summed E-state index contributed by atoms with van der Waals surface area (Å²) in [5, 5.41) is 3.87. The van der Waals surface area contributed by atoms with Crippen molar-refractivity contribution in [3.8, 4) is 11.3 Å². The molecule has 2 aliphatic heterocycles. The first kappa shape index (κ1) is 20.3. The average Bonchev–Trinajstić information content (AvgIpc) is 3.32. The van der Waals surface area contributed by atoms with E-state index in [1.165, 1.54) is 0 Å². The van der Waals surface area contributed by atoms with Crippen LogP contribution in [0.4, 0.5) is 10.5 Å². The Morgan fingerprint density at radius 2 is 1.97 bits per heavy atom. The number of H-pyrrole nitrogens is 1. The fraction of sp³-hybridized carbons (Fsp3) is 0.240. The summed E-state index contributed by atoms with van der Waals surface area (Å²) in [5.74, 6) is 0.0595. The fourth-order valence-electron chi connectivity index (χ4n) is 4.90. The predicted octanol–water partition coefficient (Wildman–Crippen LogP) is 3.68. The smallest absolute Gasteiger partial charge is 0.326 e. The van der Waals surface area contributed by atoms with E-state index in [0.29, 0.717) is 42.7 Å².